The van der Waals surface area contributed by atoms with Gasteiger partial charge in [0.25, 0.3) is 0 Å². The summed E-state index contributed by atoms with van der Waals surface area (Å²) in [5, 5.41) is 3.10. The minimum atomic E-state index is -0.298. The van der Waals surface area contributed by atoms with E-state index in [1.807, 2.05) is 11.9 Å². The quantitative estimate of drug-likeness (QED) is 0.277. The van der Waals surface area contributed by atoms with E-state index in [1.165, 1.54) is 17.0 Å². The summed E-state index contributed by atoms with van der Waals surface area (Å²) in [7, 11) is 5.23. The average Bonchev–Trinajstić information content (AvgIpc) is 2.56. The number of hydrogen-bond acceptors (Lipinski definition) is 3. The van der Waals surface area contributed by atoms with E-state index in [0.717, 1.165) is 0 Å². The van der Waals surface area contributed by atoms with E-state index in [4.69, 9.17) is 4.74 Å². The lowest BCUT2D eigenvalue weighted by Gasteiger charge is -2.22. The molecular formula is C17H26FIN4O2. The Hall–Kier alpha value is -1.84. The number of nitrogens with zero attached hydrogens (tertiary/aromatic N) is 3. The summed E-state index contributed by atoms with van der Waals surface area (Å²) >= 11 is 0. The van der Waals surface area contributed by atoms with Crippen LogP contribution in [0.3, 0.4) is 0 Å². The van der Waals surface area contributed by atoms with Crippen molar-refractivity contribution in [3.05, 3.63) is 42.7 Å². The lowest BCUT2D eigenvalue weighted by atomic mass is 10.3. The predicted molar refractivity (Wildman–Crippen MR) is 109 cm³/mol. The first kappa shape index (κ1) is 23.2. The number of benzene rings is 1. The van der Waals surface area contributed by atoms with Crippen molar-refractivity contribution in [3.63, 3.8) is 0 Å². The molecule has 0 aromatic heterocycles. The summed E-state index contributed by atoms with van der Waals surface area (Å²) in [5.41, 5.74) is 0. The van der Waals surface area contributed by atoms with Gasteiger partial charge in [0, 0.05) is 27.7 Å². The molecule has 1 N–H and O–H groups in total. The van der Waals surface area contributed by atoms with Crippen LogP contribution in [0.15, 0.2) is 41.9 Å². The number of guanidine groups is 1. The van der Waals surface area contributed by atoms with Crippen LogP contribution >= 0.6 is 24.0 Å². The minimum absolute atomic E-state index is 0. The van der Waals surface area contributed by atoms with Gasteiger partial charge in [-0.15, -0.1) is 30.6 Å². The Bertz CT molecular complexity index is 564. The molecule has 0 saturated heterocycles. The highest BCUT2D eigenvalue weighted by Gasteiger charge is 2.08. The molecule has 0 unspecified atom stereocenters. The van der Waals surface area contributed by atoms with Crippen molar-refractivity contribution < 1.29 is 13.9 Å². The summed E-state index contributed by atoms with van der Waals surface area (Å²) in [6.07, 6.45) is 1.71. The third-order valence-corrected chi connectivity index (χ3v) is 3.14. The summed E-state index contributed by atoms with van der Waals surface area (Å²) in [5.74, 6) is 0.815. The molecule has 25 heavy (non-hydrogen) atoms. The summed E-state index contributed by atoms with van der Waals surface area (Å²) in [4.78, 5) is 19.3. The number of amides is 1. The van der Waals surface area contributed by atoms with Crippen molar-refractivity contribution >= 4 is 35.8 Å². The van der Waals surface area contributed by atoms with Gasteiger partial charge in [-0.3, -0.25) is 4.79 Å². The fourth-order valence-corrected chi connectivity index (χ4v) is 1.70. The van der Waals surface area contributed by atoms with Crippen LogP contribution in [-0.2, 0) is 4.79 Å². The molecule has 6 nitrogen and oxygen atoms in total. The summed E-state index contributed by atoms with van der Waals surface area (Å²) in [6.45, 7) is 5.22. The van der Waals surface area contributed by atoms with Gasteiger partial charge in [0.2, 0.25) is 5.91 Å². The Morgan fingerprint density at radius 2 is 1.96 bits per heavy atom. The van der Waals surface area contributed by atoms with Gasteiger partial charge >= 0.3 is 0 Å². The van der Waals surface area contributed by atoms with Crippen LogP contribution in [0.2, 0.25) is 0 Å². The largest absolute Gasteiger partial charge is 0.492 e. The minimum Gasteiger partial charge on any atom is -0.492 e. The molecule has 0 aliphatic carbocycles. The van der Waals surface area contributed by atoms with Crippen molar-refractivity contribution in [2.75, 3.05) is 47.4 Å². The monoisotopic (exact) mass is 464 g/mol. The highest BCUT2D eigenvalue weighted by atomic mass is 127. The molecule has 1 aromatic carbocycles. The second-order valence-corrected chi connectivity index (χ2v) is 5.32. The van der Waals surface area contributed by atoms with E-state index < -0.39 is 0 Å². The Morgan fingerprint density at radius 3 is 2.52 bits per heavy atom. The molecule has 0 atom stereocenters. The molecule has 8 heteroatoms. The average molecular weight is 464 g/mol. The normalized spacial score (nSPS) is 10.5. The van der Waals surface area contributed by atoms with E-state index in [1.54, 1.807) is 32.3 Å². The Balaban J connectivity index is 0.00000576. The Labute approximate surface area is 165 Å². The lowest BCUT2D eigenvalue weighted by molar-refractivity contribution is -0.127. The molecule has 0 radical (unpaired) electrons. The molecule has 0 saturated carbocycles. The van der Waals surface area contributed by atoms with Crippen molar-refractivity contribution in [3.8, 4) is 5.75 Å². The van der Waals surface area contributed by atoms with Crippen molar-refractivity contribution in [2.45, 2.75) is 0 Å². The summed E-state index contributed by atoms with van der Waals surface area (Å²) in [6, 6.07) is 5.86. The van der Waals surface area contributed by atoms with E-state index in [9.17, 15) is 9.18 Å². The van der Waals surface area contributed by atoms with Gasteiger partial charge in [0.1, 0.15) is 24.7 Å². The predicted octanol–water partition coefficient (Wildman–Crippen LogP) is 1.97. The van der Waals surface area contributed by atoms with Gasteiger partial charge < -0.3 is 19.9 Å². The van der Waals surface area contributed by atoms with Crippen molar-refractivity contribution in [1.82, 2.24) is 15.1 Å². The molecule has 0 fully saturated rings. The first-order chi connectivity index (χ1) is 11.4. The smallest absolute Gasteiger partial charge is 0.243 e. The van der Waals surface area contributed by atoms with Crippen LogP contribution in [0.5, 0.6) is 5.75 Å². The molecule has 0 aliphatic heterocycles. The maximum Gasteiger partial charge on any atom is 0.243 e. The summed E-state index contributed by atoms with van der Waals surface area (Å²) < 4.78 is 18.4. The van der Waals surface area contributed by atoms with E-state index in [-0.39, 0.29) is 42.2 Å². The standard InChI is InChI=1S/C17H25FN4O2.HI/c1-5-10-19-17(20-13-16(23)21(2)3)22(4)11-12-24-15-8-6-14(18)7-9-15;/h5-9H,1,10-13H2,2-4H3,(H,19,20);1H. The molecule has 0 bridgehead atoms. The third-order valence-electron chi connectivity index (χ3n) is 3.14. The highest BCUT2D eigenvalue weighted by Crippen LogP contribution is 2.10. The Morgan fingerprint density at radius 1 is 1.32 bits per heavy atom. The van der Waals surface area contributed by atoms with Crippen LogP contribution in [0, 0.1) is 5.82 Å². The van der Waals surface area contributed by atoms with E-state index in [0.29, 0.717) is 31.4 Å². The molecule has 1 rings (SSSR count). The van der Waals surface area contributed by atoms with Crippen LogP contribution in [0.25, 0.3) is 0 Å². The topological polar surface area (TPSA) is 57.2 Å². The molecule has 0 aliphatic rings. The fraction of sp³-hybridized carbons (Fsp3) is 0.412. The van der Waals surface area contributed by atoms with Crippen LogP contribution in [-0.4, -0.2) is 69.1 Å². The first-order valence-electron chi connectivity index (χ1n) is 7.63. The van der Waals surface area contributed by atoms with E-state index in [2.05, 4.69) is 16.9 Å². The Kier molecular flexibility index (Phi) is 11.6. The number of nitrogens with one attached hydrogen (secondary N) is 1. The van der Waals surface area contributed by atoms with Crippen LogP contribution in [0.1, 0.15) is 0 Å². The number of likely N-dealkylation sites (N-methyl/N-ethyl adjacent to an activating group) is 2. The second kappa shape index (κ2) is 12.5. The van der Waals surface area contributed by atoms with Crippen LogP contribution < -0.4 is 10.1 Å². The zero-order valence-electron chi connectivity index (χ0n) is 14.9. The van der Waals surface area contributed by atoms with Crippen molar-refractivity contribution in [1.29, 1.82) is 0 Å². The van der Waals surface area contributed by atoms with Gasteiger partial charge in [-0.2, -0.15) is 0 Å². The SMILES string of the molecule is C=CCNC(=NCC(=O)N(C)C)N(C)CCOc1ccc(F)cc1.I. The van der Waals surface area contributed by atoms with Gasteiger partial charge in [0.05, 0.1) is 6.54 Å². The number of aliphatic imine (C=N–C) groups is 1. The van der Waals surface area contributed by atoms with Gasteiger partial charge in [-0.1, -0.05) is 6.08 Å². The number of halogens is 2. The molecular weight excluding hydrogens is 438 g/mol. The fourth-order valence-electron chi connectivity index (χ4n) is 1.70. The zero-order valence-corrected chi connectivity index (χ0v) is 17.2. The molecule has 0 spiro atoms. The number of rotatable bonds is 8. The van der Waals surface area contributed by atoms with Gasteiger partial charge in [-0.25, -0.2) is 9.38 Å². The molecule has 0 heterocycles. The number of carbonyl (C=O) groups is 1. The molecule has 1 aromatic rings. The maximum atomic E-state index is 12.8. The van der Waals surface area contributed by atoms with Crippen LogP contribution in [0.4, 0.5) is 4.39 Å². The number of ether oxygens (including phenoxy) is 1. The zero-order chi connectivity index (χ0) is 17.9. The molecule has 140 valence electrons. The lowest BCUT2D eigenvalue weighted by Crippen LogP contribution is -2.41. The van der Waals surface area contributed by atoms with Crippen molar-refractivity contribution in [2.24, 2.45) is 4.99 Å². The number of hydrogen-bond donors (Lipinski definition) is 1. The first-order valence-corrected chi connectivity index (χ1v) is 7.63. The molecule has 1 amide bonds. The van der Waals surface area contributed by atoms with Gasteiger partial charge in [0.15, 0.2) is 5.96 Å². The highest BCUT2D eigenvalue weighted by molar-refractivity contribution is 14.0. The maximum absolute atomic E-state index is 12.8. The van der Waals surface area contributed by atoms with Gasteiger partial charge in [-0.05, 0) is 24.3 Å². The second-order valence-electron chi connectivity index (χ2n) is 5.32. The number of carbonyl (C=O) groups excluding carboxylic acids is 1. The van der Waals surface area contributed by atoms with E-state index >= 15 is 0 Å². The third kappa shape index (κ3) is 9.28.